The smallest absolute Gasteiger partial charge is 0.419 e. The normalized spacial score (nSPS) is 17.1. The van der Waals surface area contributed by atoms with Gasteiger partial charge in [-0.2, -0.15) is 13.2 Å². The van der Waals surface area contributed by atoms with E-state index in [-0.39, 0.29) is 12.4 Å². The maximum Gasteiger partial charge on any atom is 0.419 e. The fourth-order valence-corrected chi connectivity index (χ4v) is 3.87. The second-order valence-corrected chi connectivity index (χ2v) is 8.43. The molecule has 1 amide bonds. The molecular weight excluding hydrogens is 475 g/mol. The van der Waals surface area contributed by atoms with Crippen molar-refractivity contribution in [1.29, 1.82) is 0 Å². The van der Waals surface area contributed by atoms with Crippen molar-refractivity contribution in [3.63, 3.8) is 0 Å². The highest BCUT2D eigenvalue weighted by atomic mass is 35.5. The number of amides is 1. The van der Waals surface area contributed by atoms with Gasteiger partial charge in [-0.15, -0.1) is 0 Å². The Morgan fingerprint density at radius 3 is 2.74 bits per heavy atom. The Kier molecular flexibility index (Phi) is 7.91. The van der Waals surface area contributed by atoms with Crippen LogP contribution in [0.25, 0.3) is 0 Å². The standard InChI is InChI=1S/C23H25ClF3N3O4/c1-13-10-18(19(33-3)11-17(13)24)29-21(31)14(2)34-22(32)15-6-5-9-30(12-15)20-16(23(25,26)27)7-4-8-28-20/h4,7-8,10-11,14-15H,5-6,9,12H2,1-3H3,(H,29,31). The SMILES string of the molecule is COc1cc(Cl)c(C)cc1NC(=O)C(C)OC(=O)C1CCCN(c2ncccc2C(F)(F)F)C1. The number of aromatic nitrogens is 1. The Bertz CT molecular complexity index is 1060. The van der Waals surface area contributed by atoms with Crippen LogP contribution in [0.4, 0.5) is 24.7 Å². The largest absolute Gasteiger partial charge is 0.495 e. The minimum atomic E-state index is -4.56. The second-order valence-electron chi connectivity index (χ2n) is 8.03. The highest BCUT2D eigenvalue weighted by Crippen LogP contribution is 2.36. The topological polar surface area (TPSA) is 80.8 Å². The van der Waals surface area contributed by atoms with E-state index in [2.05, 4.69) is 10.3 Å². The van der Waals surface area contributed by atoms with Crippen LogP contribution < -0.4 is 15.0 Å². The summed E-state index contributed by atoms with van der Waals surface area (Å²) in [5, 5.41) is 3.12. The van der Waals surface area contributed by atoms with Gasteiger partial charge in [-0.05, 0) is 50.5 Å². The molecule has 2 heterocycles. The Balaban J connectivity index is 1.66. The predicted molar refractivity (Wildman–Crippen MR) is 121 cm³/mol. The summed E-state index contributed by atoms with van der Waals surface area (Å²) in [6.45, 7) is 3.53. The van der Waals surface area contributed by atoms with E-state index >= 15 is 0 Å². The molecule has 1 N–H and O–H groups in total. The number of halogens is 4. The minimum Gasteiger partial charge on any atom is -0.495 e. The average Bonchev–Trinajstić information content (AvgIpc) is 2.80. The lowest BCUT2D eigenvalue weighted by Gasteiger charge is -2.34. The summed E-state index contributed by atoms with van der Waals surface area (Å²) in [5.41, 5.74) is 0.234. The third-order valence-corrected chi connectivity index (χ3v) is 5.95. The first-order valence-electron chi connectivity index (χ1n) is 10.6. The fraction of sp³-hybridized carbons (Fsp3) is 0.435. The van der Waals surface area contributed by atoms with E-state index in [4.69, 9.17) is 21.1 Å². The summed E-state index contributed by atoms with van der Waals surface area (Å²) in [4.78, 5) is 30.7. The van der Waals surface area contributed by atoms with Crippen LogP contribution in [0.15, 0.2) is 30.5 Å². The molecule has 1 aromatic carbocycles. The van der Waals surface area contributed by atoms with Crippen molar-refractivity contribution in [2.45, 2.75) is 39.0 Å². The number of hydrogen-bond acceptors (Lipinski definition) is 6. The van der Waals surface area contributed by atoms with Crippen molar-refractivity contribution < 1.29 is 32.2 Å². The van der Waals surface area contributed by atoms with E-state index in [9.17, 15) is 22.8 Å². The van der Waals surface area contributed by atoms with Gasteiger partial charge in [-0.1, -0.05) is 11.6 Å². The molecule has 2 aromatic rings. The molecule has 184 valence electrons. The molecule has 3 rings (SSSR count). The third-order valence-electron chi connectivity index (χ3n) is 5.55. The number of ether oxygens (including phenoxy) is 2. The van der Waals surface area contributed by atoms with E-state index in [1.165, 1.54) is 31.2 Å². The number of methoxy groups -OCH3 is 1. The van der Waals surface area contributed by atoms with Gasteiger partial charge in [0.15, 0.2) is 6.10 Å². The van der Waals surface area contributed by atoms with Crippen LogP contribution in [-0.2, 0) is 20.5 Å². The number of anilines is 2. The van der Waals surface area contributed by atoms with Crippen LogP contribution in [0, 0.1) is 12.8 Å². The number of benzene rings is 1. The summed E-state index contributed by atoms with van der Waals surface area (Å²) in [5.74, 6) is -1.80. The lowest BCUT2D eigenvalue weighted by atomic mass is 9.97. The van der Waals surface area contributed by atoms with Crippen LogP contribution in [0.5, 0.6) is 5.75 Å². The summed E-state index contributed by atoms with van der Waals surface area (Å²) in [6, 6.07) is 5.38. The van der Waals surface area contributed by atoms with Gasteiger partial charge in [0.2, 0.25) is 0 Å². The zero-order chi connectivity index (χ0) is 25.0. The number of rotatable bonds is 6. The molecule has 2 atom stereocenters. The molecule has 0 radical (unpaired) electrons. The van der Waals surface area contributed by atoms with Crippen molar-refractivity contribution in [2.75, 3.05) is 30.4 Å². The highest BCUT2D eigenvalue weighted by molar-refractivity contribution is 6.31. The van der Waals surface area contributed by atoms with Gasteiger partial charge in [0.1, 0.15) is 11.6 Å². The van der Waals surface area contributed by atoms with Crippen molar-refractivity contribution in [3.8, 4) is 5.75 Å². The molecule has 0 bridgehead atoms. The summed E-state index contributed by atoms with van der Waals surface area (Å²) in [6.07, 6.45) is -3.50. The number of esters is 1. The van der Waals surface area contributed by atoms with Gasteiger partial charge in [0, 0.05) is 30.4 Å². The Labute approximate surface area is 200 Å². The fourth-order valence-electron chi connectivity index (χ4n) is 3.72. The number of nitrogens with one attached hydrogen (secondary N) is 1. The molecular formula is C23H25ClF3N3O4. The number of piperidine rings is 1. The van der Waals surface area contributed by atoms with Gasteiger partial charge >= 0.3 is 12.1 Å². The first-order valence-corrected chi connectivity index (χ1v) is 11.0. The van der Waals surface area contributed by atoms with Crippen LogP contribution in [0.2, 0.25) is 5.02 Å². The molecule has 1 fully saturated rings. The summed E-state index contributed by atoms with van der Waals surface area (Å²) in [7, 11) is 1.43. The molecule has 11 heteroatoms. The number of alkyl halides is 3. The molecule has 0 spiro atoms. The third kappa shape index (κ3) is 5.91. The van der Waals surface area contributed by atoms with Crippen molar-refractivity contribution >= 4 is 35.0 Å². The molecule has 1 aliphatic heterocycles. The molecule has 1 aliphatic rings. The summed E-state index contributed by atoms with van der Waals surface area (Å²) >= 11 is 6.08. The molecule has 2 unspecified atom stereocenters. The quantitative estimate of drug-likeness (QED) is 0.572. The Morgan fingerprint density at radius 2 is 2.06 bits per heavy atom. The van der Waals surface area contributed by atoms with E-state index in [1.807, 2.05) is 0 Å². The van der Waals surface area contributed by atoms with Crippen LogP contribution in [-0.4, -0.2) is 43.2 Å². The number of aryl methyl sites for hydroxylation is 1. The van der Waals surface area contributed by atoms with Crippen LogP contribution in [0.1, 0.15) is 30.9 Å². The zero-order valence-corrected chi connectivity index (χ0v) is 19.7. The Morgan fingerprint density at radius 1 is 1.32 bits per heavy atom. The molecule has 1 saturated heterocycles. The summed E-state index contributed by atoms with van der Waals surface area (Å²) < 4.78 is 50.7. The van der Waals surface area contributed by atoms with E-state index < -0.39 is 35.6 Å². The second kappa shape index (κ2) is 10.5. The van der Waals surface area contributed by atoms with Gasteiger partial charge in [-0.3, -0.25) is 9.59 Å². The van der Waals surface area contributed by atoms with Gasteiger partial charge in [-0.25, -0.2) is 4.98 Å². The van der Waals surface area contributed by atoms with E-state index in [0.717, 1.165) is 11.6 Å². The lowest BCUT2D eigenvalue weighted by Crippen LogP contribution is -2.42. The number of carbonyl (C=O) groups is 2. The van der Waals surface area contributed by atoms with E-state index in [0.29, 0.717) is 35.8 Å². The monoisotopic (exact) mass is 499 g/mol. The van der Waals surface area contributed by atoms with Crippen molar-refractivity contribution in [1.82, 2.24) is 4.98 Å². The van der Waals surface area contributed by atoms with Gasteiger partial charge in [0.25, 0.3) is 5.91 Å². The van der Waals surface area contributed by atoms with E-state index in [1.54, 1.807) is 19.1 Å². The first-order chi connectivity index (χ1) is 16.0. The van der Waals surface area contributed by atoms with Crippen molar-refractivity contribution in [3.05, 3.63) is 46.6 Å². The van der Waals surface area contributed by atoms with Crippen molar-refractivity contribution in [2.24, 2.45) is 5.92 Å². The molecule has 1 aromatic heterocycles. The number of pyridine rings is 1. The van der Waals surface area contributed by atoms with Crippen LogP contribution >= 0.6 is 11.6 Å². The molecule has 34 heavy (non-hydrogen) atoms. The molecule has 7 nitrogen and oxygen atoms in total. The molecule has 0 aliphatic carbocycles. The van der Waals surface area contributed by atoms with Gasteiger partial charge in [0.05, 0.1) is 24.3 Å². The van der Waals surface area contributed by atoms with Crippen LogP contribution in [0.3, 0.4) is 0 Å². The predicted octanol–water partition coefficient (Wildman–Crippen LogP) is 4.86. The highest BCUT2D eigenvalue weighted by Gasteiger charge is 2.38. The number of hydrogen-bond donors (Lipinski definition) is 1. The lowest BCUT2D eigenvalue weighted by molar-refractivity contribution is -0.157. The maximum atomic E-state index is 13.4. The maximum absolute atomic E-state index is 13.4. The first kappa shape index (κ1) is 25.6. The zero-order valence-electron chi connectivity index (χ0n) is 18.9. The Hall–Kier alpha value is -3.01. The molecule has 0 saturated carbocycles. The average molecular weight is 500 g/mol. The van der Waals surface area contributed by atoms with Gasteiger partial charge < -0.3 is 19.7 Å². The number of nitrogens with zero attached hydrogens (tertiary/aromatic N) is 2. The number of carbonyl (C=O) groups excluding carboxylic acids is 2. The minimum absolute atomic E-state index is 0.0114.